The third-order valence-electron chi connectivity index (χ3n) is 1.47. The van der Waals surface area contributed by atoms with Gasteiger partial charge < -0.3 is 5.73 Å². The van der Waals surface area contributed by atoms with Gasteiger partial charge in [-0.05, 0) is 13.3 Å². The Balaban J connectivity index is 3.81. The van der Waals surface area contributed by atoms with Gasteiger partial charge >= 0.3 is 0 Å². The van der Waals surface area contributed by atoms with Crippen molar-refractivity contribution in [3.63, 3.8) is 0 Å². The Hall–Kier alpha value is -0.130. The maximum Gasteiger partial charge on any atom is 0.210 e. The van der Waals surface area contributed by atoms with Gasteiger partial charge in [-0.1, -0.05) is 0 Å². The maximum atomic E-state index is 10.8. The second-order valence-corrected chi connectivity index (χ2v) is 4.94. The third-order valence-corrected chi connectivity index (χ3v) is 2.78. The predicted molar refractivity (Wildman–Crippen MR) is 45.7 cm³/mol. The van der Waals surface area contributed by atoms with E-state index in [0.29, 0.717) is 13.0 Å². The van der Waals surface area contributed by atoms with E-state index < -0.39 is 10.0 Å². The molecule has 0 aliphatic rings. The first-order valence-electron chi connectivity index (χ1n) is 3.51. The smallest absolute Gasteiger partial charge is 0.210 e. The number of nitrogens with two attached hydrogens (primary N) is 1. The summed E-state index contributed by atoms with van der Waals surface area (Å²) in [5.41, 5.74) is 5.46. The van der Waals surface area contributed by atoms with Gasteiger partial charge in [0.25, 0.3) is 0 Å². The van der Waals surface area contributed by atoms with E-state index >= 15 is 0 Å². The van der Waals surface area contributed by atoms with Crippen LogP contribution in [0.1, 0.15) is 13.3 Å². The number of sulfonamides is 1. The van der Waals surface area contributed by atoms with Crippen molar-refractivity contribution in [2.45, 2.75) is 19.4 Å². The molecular weight excluding hydrogens is 164 g/mol. The van der Waals surface area contributed by atoms with Gasteiger partial charge in [0, 0.05) is 19.6 Å². The highest BCUT2D eigenvalue weighted by atomic mass is 32.2. The first kappa shape index (κ1) is 10.9. The molecule has 0 bridgehead atoms. The Bertz CT molecular complexity index is 199. The SMILES string of the molecule is CC(N)CCN(C)S(C)(=O)=O. The van der Waals surface area contributed by atoms with Crippen LogP contribution in [0.4, 0.5) is 0 Å². The third kappa shape index (κ3) is 5.17. The van der Waals surface area contributed by atoms with E-state index in [1.165, 1.54) is 10.6 Å². The minimum Gasteiger partial charge on any atom is -0.328 e. The monoisotopic (exact) mass is 180 g/mol. The van der Waals surface area contributed by atoms with Crippen LogP contribution in [-0.2, 0) is 10.0 Å². The van der Waals surface area contributed by atoms with Gasteiger partial charge in [0.1, 0.15) is 0 Å². The fourth-order valence-electron chi connectivity index (χ4n) is 0.551. The van der Waals surface area contributed by atoms with E-state index in [1.54, 1.807) is 7.05 Å². The average Bonchev–Trinajstić information content (AvgIpc) is 1.80. The van der Waals surface area contributed by atoms with E-state index in [4.69, 9.17) is 5.73 Å². The summed E-state index contributed by atoms with van der Waals surface area (Å²) in [7, 11) is -1.47. The van der Waals surface area contributed by atoms with Crippen LogP contribution in [0.3, 0.4) is 0 Å². The first-order valence-corrected chi connectivity index (χ1v) is 5.35. The van der Waals surface area contributed by atoms with E-state index in [-0.39, 0.29) is 6.04 Å². The summed E-state index contributed by atoms with van der Waals surface area (Å²) in [5.74, 6) is 0. The van der Waals surface area contributed by atoms with Crippen LogP contribution in [0.15, 0.2) is 0 Å². The molecule has 1 unspecified atom stereocenters. The zero-order valence-corrected chi connectivity index (χ0v) is 8.06. The van der Waals surface area contributed by atoms with E-state index in [0.717, 1.165) is 0 Å². The molecule has 0 aliphatic heterocycles. The lowest BCUT2D eigenvalue weighted by molar-refractivity contribution is 0.450. The minimum atomic E-state index is -3.02. The summed E-state index contributed by atoms with van der Waals surface area (Å²) in [6.45, 7) is 2.35. The van der Waals surface area contributed by atoms with Crippen LogP contribution in [-0.4, -0.2) is 38.6 Å². The van der Waals surface area contributed by atoms with Crippen LogP contribution in [0.25, 0.3) is 0 Å². The molecule has 0 rings (SSSR count). The van der Waals surface area contributed by atoms with Crippen molar-refractivity contribution in [2.75, 3.05) is 19.8 Å². The highest BCUT2D eigenvalue weighted by Gasteiger charge is 2.10. The first-order chi connectivity index (χ1) is 4.84. The molecule has 11 heavy (non-hydrogen) atoms. The van der Waals surface area contributed by atoms with Gasteiger partial charge in [-0.2, -0.15) is 0 Å². The molecule has 68 valence electrons. The molecule has 0 heterocycles. The second-order valence-electron chi connectivity index (χ2n) is 2.85. The van der Waals surface area contributed by atoms with E-state index in [9.17, 15) is 8.42 Å². The molecule has 0 aromatic carbocycles. The van der Waals surface area contributed by atoms with E-state index in [2.05, 4.69) is 0 Å². The molecule has 0 aromatic heterocycles. The molecule has 0 amide bonds. The average molecular weight is 180 g/mol. The van der Waals surface area contributed by atoms with Crippen molar-refractivity contribution < 1.29 is 8.42 Å². The topological polar surface area (TPSA) is 63.4 Å². The van der Waals surface area contributed by atoms with Crippen molar-refractivity contribution in [1.29, 1.82) is 0 Å². The number of hydrogen-bond donors (Lipinski definition) is 1. The molecule has 1 atom stereocenters. The summed E-state index contributed by atoms with van der Waals surface area (Å²) >= 11 is 0. The van der Waals surface area contributed by atoms with Crippen LogP contribution >= 0.6 is 0 Å². The van der Waals surface area contributed by atoms with Crippen molar-refractivity contribution in [1.82, 2.24) is 4.31 Å². The molecule has 0 aliphatic carbocycles. The molecule has 0 saturated heterocycles. The molecule has 2 N–H and O–H groups in total. The van der Waals surface area contributed by atoms with Crippen LogP contribution in [0, 0.1) is 0 Å². The predicted octanol–water partition coefficient (Wildman–Crippen LogP) is -0.385. The Kier molecular flexibility index (Phi) is 3.99. The minimum absolute atomic E-state index is 0.0548. The van der Waals surface area contributed by atoms with Crippen molar-refractivity contribution in [2.24, 2.45) is 5.73 Å². The highest BCUT2D eigenvalue weighted by Crippen LogP contribution is 1.96. The molecule has 0 radical (unpaired) electrons. The fraction of sp³-hybridized carbons (Fsp3) is 1.00. The Morgan fingerprint density at radius 2 is 2.00 bits per heavy atom. The van der Waals surface area contributed by atoms with Gasteiger partial charge in [-0.25, -0.2) is 12.7 Å². The largest absolute Gasteiger partial charge is 0.328 e. The van der Waals surface area contributed by atoms with Gasteiger partial charge in [-0.15, -0.1) is 0 Å². The summed E-state index contributed by atoms with van der Waals surface area (Å²) < 4.78 is 23.0. The Morgan fingerprint density at radius 3 is 2.27 bits per heavy atom. The van der Waals surface area contributed by atoms with Gasteiger partial charge in [0.15, 0.2) is 0 Å². The quantitative estimate of drug-likeness (QED) is 0.641. The molecule has 5 heteroatoms. The molecular formula is C6H16N2O2S. The zero-order chi connectivity index (χ0) is 9.07. The van der Waals surface area contributed by atoms with Crippen LogP contribution in [0.2, 0.25) is 0 Å². The van der Waals surface area contributed by atoms with Crippen molar-refractivity contribution in [3.05, 3.63) is 0 Å². The van der Waals surface area contributed by atoms with E-state index in [1.807, 2.05) is 6.92 Å². The lowest BCUT2D eigenvalue weighted by atomic mass is 10.2. The van der Waals surface area contributed by atoms with Gasteiger partial charge in [0.2, 0.25) is 10.0 Å². The second kappa shape index (κ2) is 4.04. The number of hydrogen-bond acceptors (Lipinski definition) is 3. The van der Waals surface area contributed by atoms with Crippen LogP contribution in [0.5, 0.6) is 0 Å². The number of rotatable bonds is 4. The standard InChI is InChI=1S/C6H16N2O2S/c1-6(7)4-5-8(2)11(3,9)10/h6H,4-5,7H2,1-3H3. The summed E-state index contributed by atoms with van der Waals surface area (Å²) in [4.78, 5) is 0. The molecule has 4 nitrogen and oxygen atoms in total. The highest BCUT2D eigenvalue weighted by molar-refractivity contribution is 7.88. The van der Waals surface area contributed by atoms with Gasteiger partial charge in [0.05, 0.1) is 6.26 Å². The Labute approximate surface area is 68.4 Å². The van der Waals surface area contributed by atoms with Gasteiger partial charge in [-0.3, -0.25) is 0 Å². The maximum absolute atomic E-state index is 10.8. The summed E-state index contributed by atoms with van der Waals surface area (Å²) in [6.07, 6.45) is 1.89. The van der Waals surface area contributed by atoms with Crippen molar-refractivity contribution >= 4 is 10.0 Å². The molecule has 0 spiro atoms. The van der Waals surface area contributed by atoms with Crippen LogP contribution < -0.4 is 5.73 Å². The lowest BCUT2D eigenvalue weighted by Crippen LogP contribution is -2.30. The Morgan fingerprint density at radius 1 is 1.55 bits per heavy atom. The molecule has 0 fully saturated rings. The van der Waals surface area contributed by atoms with Crippen molar-refractivity contribution in [3.8, 4) is 0 Å². The summed E-state index contributed by atoms with van der Waals surface area (Å²) in [6, 6.07) is 0.0548. The fourth-order valence-corrected chi connectivity index (χ4v) is 0.988. The zero-order valence-electron chi connectivity index (χ0n) is 7.24. The number of nitrogens with zero attached hydrogens (tertiary/aromatic N) is 1. The lowest BCUT2D eigenvalue weighted by Gasteiger charge is -2.14. The molecule has 0 aromatic rings. The molecule has 0 saturated carbocycles. The summed E-state index contributed by atoms with van der Waals surface area (Å²) in [5, 5.41) is 0. The normalized spacial score (nSPS) is 15.4.